The molecule has 2 aromatic heterocycles. The van der Waals surface area contributed by atoms with Crippen LogP contribution in [0.1, 0.15) is 118 Å². The fourth-order valence-corrected chi connectivity index (χ4v) is 5.53. The van der Waals surface area contributed by atoms with Gasteiger partial charge in [-0.05, 0) is 46.6 Å². The first-order chi connectivity index (χ1) is 18.1. The van der Waals surface area contributed by atoms with Crippen LogP contribution in [-0.2, 0) is 6.42 Å². The average molecular weight is 545 g/mol. The van der Waals surface area contributed by atoms with E-state index in [0.717, 1.165) is 0 Å². The molecule has 3 N–H and O–H groups in total. The van der Waals surface area contributed by atoms with E-state index in [1.165, 1.54) is 0 Å². The van der Waals surface area contributed by atoms with Crippen LogP contribution in [0.5, 0.6) is 0 Å². The summed E-state index contributed by atoms with van der Waals surface area (Å²) in [4.78, 5) is 25.7. The molecule has 0 bridgehead atoms. The molecule has 0 aliphatic carbocycles. The Bertz CT molecular complexity index is 1300. The van der Waals surface area contributed by atoms with Crippen LogP contribution in [0.4, 0.5) is 0 Å². The first-order valence-electron chi connectivity index (χ1n) is 14.1. The molecular weight excluding hydrogens is 496 g/mol. The van der Waals surface area contributed by atoms with Gasteiger partial charge in [0.05, 0.1) is 18.3 Å². The van der Waals surface area contributed by atoms with Gasteiger partial charge >= 0.3 is 0 Å². The van der Waals surface area contributed by atoms with Crippen LogP contribution in [0.2, 0.25) is 0 Å². The van der Waals surface area contributed by atoms with Gasteiger partial charge in [0, 0.05) is 52.3 Å². The maximum absolute atomic E-state index is 13.0. The second-order valence-corrected chi connectivity index (χ2v) is 11.3. The van der Waals surface area contributed by atoms with Gasteiger partial charge < -0.3 is 24.2 Å². The molecule has 0 saturated carbocycles. The van der Waals surface area contributed by atoms with Crippen LogP contribution in [0.15, 0.2) is 30.1 Å². The smallest absolute Gasteiger partial charge is 0.191 e. The molecule has 0 radical (unpaired) electrons. The van der Waals surface area contributed by atoms with E-state index in [1.54, 1.807) is 48.5 Å². The summed E-state index contributed by atoms with van der Waals surface area (Å²) in [5, 5.41) is 32.8. The van der Waals surface area contributed by atoms with Crippen molar-refractivity contribution >= 4 is 0 Å². The van der Waals surface area contributed by atoms with Gasteiger partial charge in [0.15, 0.2) is 10.9 Å². The second kappa shape index (κ2) is 13.2. The van der Waals surface area contributed by atoms with E-state index in [2.05, 4.69) is 0 Å². The Morgan fingerprint density at radius 2 is 1.26 bits per heavy atom. The first kappa shape index (κ1) is 32.7. The van der Waals surface area contributed by atoms with E-state index >= 15 is 0 Å². The molecule has 0 aliphatic heterocycles. The Morgan fingerprint density at radius 3 is 1.77 bits per heavy atom. The zero-order chi connectivity index (χ0) is 29.9. The Hall–Kier alpha value is -2.48. The molecule has 218 valence electrons. The van der Waals surface area contributed by atoms with Crippen molar-refractivity contribution in [3.63, 3.8) is 0 Å². The van der Waals surface area contributed by atoms with Crippen molar-refractivity contribution in [2.75, 3.05) is 0 Å². The maximum atomic E-state index is 13.0. The fourth-order valence-electron chi connectivity index (χ4n) is 5.53. The molecule has 39 heavy (non-hydrogen) atoms. The van der Waals surface area contributed by atoms with Crippen molar-refractivity contribution in [3.05, 3.63) is 77.4 Å². The quantitative estimate of drug-likeness (QED) is 0.321. The zero-order valence-corrected chi connectivity index (χ0v) is 25.5. The number of aryl methyl sites for hydroxylation is 1. The molecule has 0 fully saturated rings. The van der Waals surface area contributed by atoms with E-state index in [9.17, 15) is 24.9 Å². The number of hydrogen-bond donors (Lipinski definition) is 3. The summed E-state index contributed by atoms with van der Waals surface area (Å²) in [6.45, 7) is 19.8. The van der Waals surface area contributed by atoms with Crippen LogP contribution < -0.4 is 10.9 Å². The lowest BCUT2D eigenvalue weighted by atomic mass is 9.83. The third-order valence-electron chi connectivity index (χ3n) is 8.43. The monoisotopic (exact) mass is 544 g/mol. The predicted octanol–water partition coefficient (Wildman–Crippen LogP) is 5.47. The third kappa shape index (κ3) is 6.64. The van der Waals surface area contributed by atoms with Gasteiger partial charge in [0.1, 0.15) is 23.0 Å². The molecule has 0 spiro atoms. The van der Waals surface area contributed by atoms with Gasteiger partial charge in [0.25, 0.3) is 0 Å². The van der Waals surface area contributed by atoms with Crippen LogP contribution in [0, 0.1) is 33.6 Å². The van der Waals surface area contributed by atoms with Crippen molar-refractivity contribution in [2.24, 2.45) is 5.92 Å². The Labute approximate surface area is 232 Å². The standard InChI is InChI=1S/C32H48O7/c1-12-24(33)17(5)31-23(11)29(37)20(8)30(39-31)16(4)14-15(3)26(34)19(7)28(36)22(10)32-21(9)27(35)18(6)25(13-2)38-32/h14,16-17,19,22,24,26,28,33-34,36H,12-13H2,1-11H3/b15-14+/t16-,17+,19+,22-,24+,26+,28-/m0/s1. The lowest BCUT2D eigenvalue weighted by Crippen LogP contribution is -2.35. The minimum absolute atomic E-state index is 0.0830. The minimum Gasteiger partial charge on any atom is -0.465 e. The minimum atomic E-state index is -0.981. The first-order valence-corrected chi connectivity index (χ1v) is 14.1. The summed E-state index contributed by atoms with van der Waals surface area (Å²) in [7, 11) is 0. The van der Waals surface area contributed by atoms with E-state index in [1.807, 2.05) is 33.8 Å². The maximum Gasteiger partial charge on any atom is 0.191 e. The molecule has 2 heterocycles. The Morgan fingerprint density at radius 1 is 0.769 bits per heavy atom. The highest BCUT2D eigenvalue weighted by Gasteiger charge is 2.32. The van der Waals surface area contributed by atoms with Gasteiger partial charge in [-0.2, -0.15) is 0 Å². The largest absolute Gasteiger partial charge is 0.465 e. The predicted molar refractivity (Wildman–Crippen MR) is 155 cm³/mol. The lowest BCUT2D eigenvalue weighted by molar-refractivity contribution is 0.0216. The SMILES string of the molecule is CCc1oc([C@@H](C)[C@@H](O)[C@H](C)[C@H](O)/C(C)=C/[C@H](C)c2oc([C@H](C)[C@H](O)CC)c(C)c(=O)c2C)c(C)c(=O)c1C. The average Bonchev–Trinajstić information content (AvgIpc) is 2.92. The van der Waals surface area contributed by atoms with Crippen molar-refractivity contribution in [2.45, 2.75) is 125 Å². The molecule has 2 rings (SSSR count). The van der Waals surface area contributed by atoms with Crippen LogP contribution in [-0.4, -0.2) is 33.6 Å². The highest BCUT2D eigenvalue weighted by Crippen LogP contribution is 2.32. The van der Waals surface area contributed by atoms with E-state index < -0.39 is 30.1 Å². The Kier molecular flexibility index (Phi) is 11.1. The molecule has 0 aliphatic rings. The highest BCUT2D eigenvalue weighted by molar-refractivity contribution is 5.32. The summed E-state index contributed by atoms with van der Waals surface area (Å²) in [6.07, 6.45) is 0.368. The number of aliphatic hydroxyl groups is 3. The van der Waals surface area contributed by atoms with E-state index in [0.29, 0.717) is 63.7 Å². The number of hydrogen-bond acceptors (Lipinski definition) is 7. The summed E-state index contributed by atoms with van der Waals surface area (Å²) in [6, 6.07) is 0. The summed E-state index contributed by atoms with van der Waals surface area (Å²) >= 11 is 0. The van der Waals surface area contributed by atoms with Crippen LogP contribution in [0.3, 0.4) is 0 Å². The lowest BCUT2D eigenvalue weighted by Gasteiger charge is -2.30. The molecule has 2 aromatic rings. The van der Waals surface area contributed by atoms with E-state index in [-0.39, 0.29) is 22.7 Å². The highest BCUT2D eigenvalue weighted by atomic mass is 16.3. The van der Waals surface area contributed by atoms with Gasteiger partial charge in [-0.1, -0.05) is 47.6 Å². The van der Waals surface area contributed by atoms with Crippen LogP contribution >= 0.6 is 0 Å². The molecule has 7 heteroatoms. The number of allylic oxidation sites excluding steroid dienone is 1. The third-order valence-corrected chi connectivity index (χ3v) is 8.43. The fraction of sp³-hybridized carbons (Fsp3) is 0.625. The van der Waals surface area contributed by atoms with Gasteiger partial charge in [-0.15, -0.1) is 0 Å². The molecule has 0 unspecified atom stereocenters. The van der Waals surface area contributed by atoms with Crippen LogP contribution in [0.25, 0.3) is 0 Å². The Balaban J connectivity index is 2.38. The van der Waals surface area contributed by atoms with Crippen molar-refractivity contribution in [1.82, 2.24) is 0 Å². The molecule has 7 atom stereocenters. The van der Waals surface area contributed by atoms with Gasteiger partial charge in [-0.3, -0.25) is 9.59 Å². The normalized spacial score (nSPS) is 17.8. The molecule has 7 nitrogen and oxygen atoms in total. The topological polar surface area (TPSA) is 121 Å². The number of rotatable bonds is 11. The zero-order valence-electron chi connectivity index (χ0n) is 25.5. The summed E-state index contributed by atoms with van der Waals surface area (Å²) < 4.78 is 12.3. The van der Waals surface area contributed by atoms with Gasteiger partial charge in [-0.25, -0.2) is 0 Å². The summed E-state index contributed by atoms with van der Waals surface area (Å²) in [5.41, 5.74) is 2.49. The van der Waals surface area contributed by atoms with Gasteiger partial charge in [0.2, 0.25) is 0 Å². The van der Waals surface area contributed by atoms with E-state index in [4.69, 9.17) is 8.83 Å². The molecular formula is C32H48O7. The number of aliphatic hydroxyl groups excluding tert-OH is 3. The molecule has 0 saturated heterocycles. The summed E-state index contributed by atoms with van der Waals surface area (Å²) in [5.74, 6) is 0.278. The van der Waals surface area contributed by atoms with Crippen molar-refractivity contribution in [3.8, 4) is 0 Å². The van der Waals surface area contributed by atoms with Crippen molar-refractivity contribution < 1.29 is 24.2 Å². The molecule has 0 amide bonds. The second-order valence-electron chi connectivity index (χ2n) is 11.3. The molecule has 0 aromatic carbocycles. The van der Waals surface area contributed by atoms with Crippen molar-refractivity contribution in [1.29, 1.82) is 0 Å².